The van der Waals surface area contributed by atoms with Crippen molar-refractivity contribution in [1.82, 2.24) is 19.1 Å². The summed E-state index contributed by atoms with van der Waals surface area (Å²) in [5, 5.41) is 0. The average molecular weight is 262 g/mol. The second-order valence-corrected chi connectivity index (χ2v) is 5.00. The Morgan fingerprint density at radius 3 is 1.68 bits per heavy atom. The molecule has 19 heavy (non-hydrogen) atoms. The van der Waals surface area contributed by atoms with Crippen LogP contribution in [-0.4, -0.2) is 32.3 Å². The van der Waals surface area contributed by atoms with Gasteiger partial charge in [0, 0.05) is 24.8 Å². The summed E-state index contributed by atoms with van der Waals surface area (Å²) in [5.41, 5.74) is 0. The van der Waals surface area contributed by atoms with Gasteiger partial charge in [-0.15, -0.1) is 0 Å². The summed E-state index contributed by atoms with van der Waals surface area (Å²) >= 11 is 0. The normalized spacial score (nSPS) is 14.5. The van der Waals surface area contributed by atoms with Gasteiger partial charge < -0.3 is 13.9 Å². The Morgan fingerprint density at radius 2 is 1.37 bits per heavy atom. The van der Waals surface area contributed by atoms with Gasteiger partial charge in [0.25, 0.3) is 0 Å². The predicted octanol–water partition coefficient (Wildman–Crippen LogP) is 2.54. The van der Waals surface area contributed by atoms with Crippen molar-refractivity contribution >= 4 is 0 Å². The van der Waals surface area contributed by atoms with E-state index in [2.05, 4.69) is 32.9 Å². The molecule has 0 aromatic carbocycles. The molecule has 2 heterocycles. The maximum Gasteiger partial charge on any atom is 0.105 e. The summed E-state index contributed by atoms with van der Waals surface area (Å²) in [6.45, 7) is 9.68. The van der Waals surface area contributed by atoms with E-state index in [0.29, 0.717) is 25.3 Å². The van der Waals surface area contributed by atoms with E-state index in [1.165, 1.54) is 0 Å². The number of aromatic nitrogens is 4. The van der Waals surface area contributed by atoms with Gasteiger partial charge in [0.15, 0.2) is 0 Å². The van der Waals surface area contributed by atoms with Crippen LogP contribution in [0.15, 0.2) is 24.8 Å². The fourth-order valence-corrected chi connectivity index (χ4v) is 2.28. The van der Waals surface area contributed by atoms with Crippen LogP contribution in [0, 0.1) is 13.8 Å². The number of imidazole rings is 2. The average Bonchev–Trinajstić information content (AvgIpc) is 2.97. The van der Waals surface area contributed by atoms with Gasteiger partial charge in [0.2, 0.25) is 0 Å². The molecule has 2 aromatic rings. The molecule has 2 unspecified atom stereocenters. The molecule has 0 fully saturated rings. The maximum absolute atomic E-state index is 5.82. The van der Waals surface area contributed by atoms with E-state index in [4.69, 9.17) is 4.74 Å². The number of rotatable bonds is 6. The molecule has 0 bridgehead atoms. The van der Waals surface area contributed by atoms with E-state index < -0.39 is 0 Å². The van der Waals surface area contributed by atoms with E-state index in [1.54, 1.807) is 0 Å². The number of hydrogen-bond acceptors (Lipinski definition) is 3. The maximum atomic E-state index is 5.82. The van der Waals surface area contributed by atoms with E-state index >= 15 is 0 Å². The molecule has 0 radical (unpaired) electrons. The Morgan fingerprint density at radius 1 is 0.947 bits per heavy atom. The van der Waals surface area contributed by atoms with Crippen molar-refractivity contribution in [2.24, 2.45) is 0 Å². The second kappa shape index (κ2) is 6.02. The van der Waals surface area contributed by atoms with Gasteiger partial charge in [0.1, 0.15) is 11.6 Å². The first-order valence-electron chi connectivity index (χ1n) is 6.66. The zero-order valence-corrected chi connectivity index (χ0v) is 12.1. The number of ether oxygens (including phenoxy) is 1. The lowest BCUT2D eigenvalue weighted by Gasteiger charge is -2.19. The highest BCUT2D eigenvalue weighted by Crippen LogP contribution is 2.12. The first-order valence-corrected chi connectivity index (χ1v) is 6.66. The fourth-order valence-electron chi connectivity index (χ4n) is 2.28. The summed E-state index contributed by atoms with van der Waals surface area (Å²) in [7, 11) is 0. The lowest BCUT2D eigenvalue weighted by molar-refractivity contribution is 0.0838. The molecule has 5 heteroatoms. The molecule has 2 rings (SSSR count). The van der Waals surface area contributed by atoms with E-state index in [9.17, 15) is 0 Å². The Bertz CT molecular complexity index is 471. The van der Waals surface area contributed by atoms with Crippen LogP contribution in [0.1, 0.15) is 37.6 Å². The zero-order chi connectivity index (χ0) is 13.8. The summed E-state index contributed by atoms with van der Waals surface area (Å²) in [5.74, 6) is 2.05. The molecule has 2 aromatic heterocycles. The van der Waals surface area contributed by atoms with Crippen LogP contribution < -0.4 is 0 Å². The van der Waals surface area contributed by atoms with Crippen LogP contribution in [0.4, 0.5) is 0 Å². The van der Waals surface area contributed by atoms with Crippen molar-refractivity contribution < 1.29 is 4.74 Å². The Labute approximate surface area is 114 Å². The molecule has 0 amide bonds. The number of aryl methyl sites for hydroxylation is 2. The second-order valence-electron chi connectivity index (χ2n) is 5.00. The highest BCUT2D eigenvalue weighted by molar-refractivity contribution is 4.92. The third-order valence-electron chi connectivity index (χ3n) is 3.39. The fraction of sp³-hybridized carbons (Fsp3) is 0.571. The van der Waals surface area contributed by atoms with Gasteiger partial charge in [-0.25, -0.2) is 9.97 Å². The minimum Gasteiger partial charge on any atom is -0.377 e. The van der Waals surface area contributed by atoms with Crippen molar-refractivity contribution in [3.63, 3.8) is 0 Å². The largest absolute Gasteiger partial charge is 0.377 e. The minimum atomic E-state index is 0.304. The van der Waals surface area contributed by atoms with Crippen LogP contribution >= 0.6 is 0 Å². The van der Waals surface area contributed by atoms with E-state index in [1.807, 2.05) is 38.6 Å². The number of nitrogens with zero attached hydrogens (tertiary/aromatic N) is 4. The molecule has 0 aliphatic heterocycles. The predicted molar refractivity (Wildman–Crippen MR) is 74.2 cm³/mol. The van der Waals surface area contributed by atoms with Gasteiger partial charge in [-0.2, -0.15) is 0 Å². The lowest BCUT2D eigenvalue weighted by atomic mass is 10.3. The highest BCUT2D eigenvalue weighted by atomic mass is 16.5. The van der Waals surface area contributed by atoms with Crippen LogP contribution in [0.25, 0.3) is 0 Å². The molecule has 0 spiro atoms. The van der Waals surface area contributed by atoms with E-state index in [0.717, 1.165) is 11.6 Å². The Kier molecular flexibility index (Phi) is 4.37. The van der Waals surface area contributed by atoms with Gasteiger partial charge >= 0.3 is 0 Å². The molecular formula is C14H22N4O. The molecule has 0 aliphatic rings. The lowest BCUT2D eigenvalue weighted by Crippen LogP contribution is -2.18. The van der Waals surface area contributed by atoms with Crippen molar-refractivity contribution in [3.8, 4) is 0 Å². The van der Waals surface area contributed by atoms with Crippen molar-refractivity contribution in [3.05, 3.63) is 36.4 Å². The molecular weight excluding hydrogens is 240 g/mol. The smallest absolute Gasteiger partial charge is 0.105 e. The topological polar surface area (TPSA) is 44.9 Å². The zero-order valence-electron chi connectivity index (χ0n) is 12.1. The first kappa shape index (κ1) is 13.8. The third-order valence-corrected chi connectivity index (χ3v) is 3.39. The van der Waals surface area contributed by atoms with Gasteiger partial charge in [-0.05, 0) is 27.7 Å². The van der Waals surface area contributed by atoms with Gasteiger partial charge in [-0.3, -0.25) is 0 Å². The first-order chi connectivity index (χ1) is 9.09. The van der Waals surface area contributed by atoms with Crippen LogP contribution in [0.5, 0.6) is 0 Å². The Hall–Kier alpha value is -1.62. The van der Waals surface area contributed by atoms with Gasteiger partial charge in [0.05, 0.1) is 25.3 Å². The van der Waals surface area contributed by atoms with Crippen LogP contribution in [0.3, 0.4) is 0 Å². The monoisotopic (exact) mass is 262 g/mol. The Balaban J connectivity index is 1.81. The number of hydrogen-bond donors (Lipinski definition) is 0. The summed E-state index contributed by atoms with van der Waals surface area (Å²) in [4.78, 5) is 8.46. The van der Waals surface area contributed by atoms with Gasteiger partial charge in [-0.1, -0.05) is 0 Å². The van der Waals surface area contributed by atoms with Crippen molar-refractivity contribution in [2.75, 3.05) is 13.2 Å². The summed E-state index contributed by atoms with van der Waals surface area (Å²) < 4.78 is 10.1. The third kappa shape index (κ3) is 3.23. The van der Waals surface area contributed by atoms with Crippen molar-refractivity contribution in [2.45, 2.75) is 39.8 Å². The summed E-state index contributed by atoms with van der Waals surface area (Å²) in [6.07, 6.45) is 7.63. The quantitative estimate of drug-likeness (QED) is 0.803. The molecule has 0 N–H and O–H groups in total. The standard InChI is InChI=1S/C14H22N4O/c1-11(17-7-5-15-13(17)3)9-19-10-12(2)18-8-6-16-14(18)4/h5-8,11-12H,9-10H2,1-4H3. The molecule has 0 aliphatic carbocycles. The molecule has 5 nitrogen and oxygen atoms in total. The summed E-state index contributed by atoms with van der Waals surface area (Å²) in [6, 6.07) is 0.608. The molecule has 104 valence electrons. The van der Waals surface area contributed by atoms with Crippen LogP contribution in [-0.2, 0) is 4.74 Å². The van der Waals surface area contributed by atoms with E-state index in [-0.39, 0.29) is 0 Å². The molecule has 0 saturated heterocycles. The minimum absolute atomic E-state index is 0.304. The van der Waals surface area contributed by atoms with Crippen LogP contribution in [0.2, 0.25) is 0 Å². The molecule has 2 atom stereocenters. The molecule has 0 saturated carbocycles. The van der Waals surface area contributed by atoms with Crippen molar-refractivity contribution in [1.29, 1.82) is 0 Å². The highest BCUT2D eigenvalue weighted by Gasteiger charge is 2.10. The SMILES string of the molecule is Cc1nccn1C(C)COCC(C)n1ccnc1C.